The number of benzene rings is 2. The maximum absolute atomic E-state index is 14.2. The highest BCUT2D eigenvalue weighted by Gasteiger charge is 2.60. The monoisotopic (exact) mass is 815 g/mol. The van der Waals surface area contributed by atoms with E-state index in [1.165, 1.54) is 12.1 Å². The van der Waals surface area contributed by atoms with Crippen LogP contribution in [-0.2, 0) is 57.4 Å². The maximum Gasteiger partial charge on any atom is 0.339 e. The van der Waals surface area contributed by atoms with Crippen LogP contribution in [0.25, 0.3) is 0 Å². The third-order valence-electron chi connectivity index (χ3n) is 10.2. The molecule has 2 saturated carbocycles. The van der Waals surface area contributed by atoms with Crippen LogP contribution < -0.4 is 5.32 Å². The Kier molecular flexibility index (Phi) is 12.6. The third-order valence-corrected chi connectivity index (χ3v) is 12.8. The quantitative estimate of drug-likeness (QED) is 0.246. The number of hydrogen-bond donors (Lipinski definition) is 2. The van der Waals surface area contributed by atoms with Crippen LogP contribution in [0.4, 0.5) is 14.5 Å². The Morgan fingerprint density at radius 2 is 1.55 bits per heavy atom. The molecule has 15 nitrogen and oxygen atoms in total. The molecule has 300 valence electrons. The van der Waals surface area contributed by atoms with Crippen LogP contribution in [-0.4, -0.2) is 98.6 Å². The van der Waals surface area contributed by atoms with E-state index in [9.17, 15) is 46.3 Å². The van der Waals surface area contributed by atoms with Crippen molar-refractivity contribution in [3.8, 4) is 0 Å². The lowest BCUT2D eigenvalue weighted by atomic mass is 9.73. The number of rotatable bonds is 11. The molecule has 1 saturated heterocycles. The molecule has 2 bridgehead atoms. The van der Waals surface area contributed by atoms with Gasteiger partial charge < -0.3 is 38.8 Å². The Bertz CT molecular complexity index is 1970. The zero-order valence-corrected chi connectivity index (χ0v) is 31.9. The molecule has 3 fully saturated rings. The van der Waals surface area contributed by atoms with Gasteiger partial charge in [-0.25, -0.2) is 22.0 Å². The average molecular weight is 816 g/mol. The second-order valence-corrected chi connectivity index (χ2v) is 16.5. The number of sulfone groups is 1. The van der Waals surface area contributed by atoms with E-state index in [4.69, 9.17) is 40.0 Å². The predicted molar refractivity (Wildman–Crippen MR) is 185 cm³/mol. The van der Waals surface area contributed by atoms with Crippen LogP contribution in [0.1, 0.15) is 57.3 Å². The van der Waals surface area contributed by atoms with E-state index < -0.39 is 111 Å². The standard InChI is InChI=1S/C36H40ClF2NO14S/c1-16-10-21-12-23(55(47,48)28-11-20(6-8-25(28)37)33(44)40-22-7-9-26(38)27(39)13-22)14-24(16)36(21,46)15-50-35-32(53-19(4)43)30(52-18(3)42)29(51-17(2)41)31(54-35)34(45)49-5/h6-9,11,13,16,21,23-24,29-32,35,46H,10,12,14-15H2,1-5H3,(H,40,44)/t16-,21?,23?,24?,29-,30-,31-,32+,35+,36+/m0/s1. The second kappa shape index (κ2) is 16.5. The number of carbonyl (C=O) groups excluding carboxylic acids is 5. The molecule has 5 rings (SSSR count). The van der Waals surface area contributed by atoms with E-state index in [-0.39, 0.29) is 39.9 Å². The van der Waals surface area contributed by atoms with Gasteiger partial charge in [0, 0.05) is 38.1 Å². The van der Waals surface area contributed by atoms with E-state index in [0.717, 1.165) is 52.1 Å². The first-order chi connectivity index (χ1) is 25.8. The van der Waals surface area contributed by atoms with Crippen LogP contribution in [0.5, 0.6) is 0 Å². The van der Waals surface area contributed by atoms with Crippen molar-refractivity contribution in [2.75, 3.05) is 19.0 Å². The van der Waals surface area contributed by atoms with Crippen molar-refractivity contribution >= 4 is 56.9 Å². The summed E-state index contributed by atoms with van der Waals surface area (Å²) in [5.74, 6) is -8.37. The number of nitrogens with one attached hydrogen (secondary N) is 1. The smallest absolute Gasteiger partial charge is 0.339 e. The summed E-state index contributed by atoms with van der Waals surface area (Å²) in [6.07, 6.45) is -7.97. The molecule has 0 radical (unpaired) electrons. The summed E-state index contributed by atoms with van der Waals surface area (Å²) in [4.78, 5) is 61.8. The van der Waals surface area contributed by atoms with E-state index in [2.05, 4.69) is 5.32 Å². The van der Waals surface area contributed by atoms with Crippen molar-refractivity contribution in [2.24, 2.45) is 17.8 Å². The van der Waals surface area contributed by atoms with Crippen molar-refractivity contribution in [3.63, 3.8) is 0 Å². The average Bonchev–Trinajstić information content (AvgIpc) is 3.21. The van der Waals surface area contributed by atoms with Gasteiger partial charge in [-0.3, -0.25) is 19.2 Å². The number of fused-ring (bicyclic) bond motifs is 2. The summed E-state index contributed by atoms with van der Waals surface area (Å²) >= 11 is 6.37. The normalized spacial score (nSPS) is 30.2. The molecule has 0 spiro atoms. The molecular formula is C36H40ClF2NO14S. The number of amides is 1. The number of halogens is 3. The SMILES string of the molecule is COC(=O)[C@H]1O[C@@H](OC[C@@]2(O)C3CC(S(=O)(=O)c4cc(C(=O)Nc5ccc(F)c(F)c5)ccc4Cl)CC2[C@@H](C)C3)[C@H](OC(C)=O)[C@@H](OC(C)=O)[C@@H]1OC(C)=O. The van der Waals surface area contributed by atoms with Gasteiger partial charge in [-0.15, -0.1) is 0 Å². The highest BCUT2D eigenvalue weighted by Crippen LogP contribution is 2.55. The summed E-state index contributed by atoms with van der Waals surface area (Å²) < 4.78 is 88.1. The number of ether oxygens (including phenoxy) is 6. The molecule has 2 aromatic rings. The number of methoxy groups -OCH3 is 1. The first-order valence-corrected chi connectivity index (χ1v) is 19.1. The fourth-order valence-corrected chi connectivity index (χ4v) is 10.1. The fourth-order valence-electron chi connectivity index (χ4n) is 7.77. The fraction of sp³-hybridized carbons (Fsp3) is 0.528. The van der Waals surface area contributed by atoms with Gasteiger partial charge in [0.15, 0.2) is 52.2 Å². The van der Waals surface area contributed by atoms with E-state index in [1.54, 1.807) is 0 Å². The molecule has 19 heteroatoms. The minimum atomic E-state index is -4.24. The van der Waals surface area contributed by atoms with Crippen molar-refractivity contribution in [1.29, 1.82) is 0 Å². The van der Waals surface area contributed by atoms with E-state index in [1.807, 2.05) is 6.92 Å². The first kappa shape index (κ1) is 41.9. The molecule has 55 heavy (non-hydrogen) atoms. The van der Waals surface area contributed by atoms with Crippen LogP contribution in [0.3, 0.4) is 0 Å². The summed E-state index contributed by atoms with van der Waals surface area (Å²) in [5, 5.41) is 13.4. The number of hydrogen-bond acceptors (Lipinski definition) is 14. The molecular weight excluding hydrogens is 776 g/mol. The largest absolute Gasteiger partial charge is 0.467 e. The van der Waals surface area contributed by atoms with Gasteiger partial charge in [0.1, 0.15) is 0 Å². The Hall–Kier alpha value is -4.23. The van der Waals surface area contributed by atoms with E-state index in [0.29, 0.717) is 6.42 Å². The van der Waals surface area contributed by atoms with Crippen molar-refractivity contribution < 1.29 is 74.7 Å². The Morgan fingerprint density at radius 1 is 0.909 bits per heavy atom. The molecule has 1 aliphatic heterocycles. The first-order valence-electron chi connectivity index (χ1n) is 17.2. The summed E-state index contributed by atoms with van der Waals surface area (Å²) in [6, 6.07) is 6.35. The molecule has 2 aliphatic carbocycles. The number of carbonyl (C=O) groups is 5. The van der Waals surface area contributed by atoms with Gasteiger partial charge >= 0.3 is 23.9 Å². The summed E-state index contributed by atoms with van der Waals surface area (Å²) in [7, 11) is -3.21. The number of esters is 4. The molecule has 0 aromatic heterocycles. The number of anilines is 1. The Balaban J connectivity index is 1.38. The molecule has 2 N–H and O–H groups in total. The van der Waals surface area contributed by atoms with Crippen molar-refractivity contribution in [2.45, 2.75) is 93.4 Å². The van der Waals surface area contributed by atoms with Gasteiger partial charge in [-0.2, -0.15) is 0 Å². The molecule has 3 aliphatic rings. The van der Waals surface area contributed by atoms with Crippen LogP contribution >= 0.6 is 11.6 Å². The lowest BCUT2D eigenvalue weighted by Crippen LogP contribution is -2.64. The zero-order valence-electron chi connectivity index (χ0n) is 30.3. The maximum atomic E-state index is 14.2. The van der Waals surface area contributed by atoms with Crippen molar-refractivity contribution in [1.82, 2.24) is 0 Å². The van der Waals surface area contributed by atoms with Crippen LogP contribution in [0, 0.1) is 29.4 Å². The predicted octanol–water partition coefficient (Wildman–Crippen LogP) is 3.52. The lowest BCUT2D eigenvalue weighted by Gasteiger charge is -2.46. The molecule has 2 aromatic carbocycles. The highest BCUT2D eigenvalue weighted by atomic mass is 35.5. The minimum Gasteiger partial charge on any atom is -0.467 e. The topological polar surface area (TPSA) is 207 Å². The zero-order chi connectivity index (χ0) is 40.6. The van der Waals surface area contributed by atoms with Gasteiger partial charge in [0.2, 0.25) is 0 Å². The minimum absolute atomic E-state index is 0.0566. The third kappa shape index (κ3) is 8.77. The van der Waals surface area contributed by atoms with Gasteiger partial charge in [0.25, 0.3) is 5.91 Å². The van der Waals surface area contributed by atoms with Crippen molar-refractivity contribution in [3.05, 3.63) is 58.6 Å². The van der Waals surface area contributed by atoms with Gasteiger partial charge in [0.05, 0.1) is 34.5 Å². The Labute approximate surface area is 319 Å². The van der Waals surface area contributed by atoms with Gasteiger partial charge in [-0.05, 0) is 67.3 Å². The van der Waals surface area contributed by atoms with Crippen LogP contribution in [0.2, 0.25) is 5.02 Å². The van der Waals surface area contributed by atoms with Crippen LogP contribution in [0.15, 0.2) is 41.3 Å². The summed E-state index contributed by atoms with van der Waals surface area (Å²) in [6.45, 7) is 4.45. The lowest BCUT2D eigenvalue weighted by molar-refractivity contribution is -0.311. The molecule has 1 amide bonds. The highest BCUT2D eigenvalue weighted by molar-refractivity contribution is 7.92. The second-order valence-electron chi connectivity index (χ2n) is 13.9. The number of aliphatic hydroxyl groups is 1. The molecule has 3 unspecified atom stereocenters. The Morgan fingerprint density at radius 3 is 2.15 bits per heavy atom. The van der Waals surface area contributed by atoms with E-state index >= 15 is 0 Å². The molecule has 10 atom stereocenters. The van der Waals surface area contributed by atoms with Gasteiger partial charge in [-0.1, -0.05) is 18.5 Å². The molecule has 1 heterocycles. The summed E-state index contributed by atoms with van der Waals surface area (Å²) in [5.41, 5.74) is -1.85.